The van der Waals surface area contributed by atoms with Crippen molar-refractivity contribution in [2.75, 3.05) is 11.4 Å². The van der Waals surface area contributed by atoms with Gasteiger partial charge < -0.3 is 10.0 Å². The first-order chi connectivity index (χ1) is 12.6. The topological polar surface area (TPSA) is 23.5 Å². The van der Waals surface area contributed by atoms with Gasteiger partial charge in [-0.05, 0) is 35.4 Å². The number of aliphatic hydroxyl groups is 1. The molecule has 4 heteroatoms. The summed E-state index contributed by atoms with van der Waals surface area (Å²) < 4.78 is 0. The Hall–Kier alpha value is -2.00. The van der Waals surface area contributed by atoms with E-state index in [4.69, 9.17) is 23.2 Å². The molecule has 0 spiro atoms. The molecule has 3 aromatic rings. The van der Waals surface area contributed by atoms with Crippen LogP contribution in [0.2, 0.25) is 10.0 Å². The number of rotatable bonds is 7. The fraction of sp³-hybridized carbons (Fsp3) is 0.182. The van der Waals surface area contributed by atoms with E-state index >= 15 is 0 Å². The van der Waals surface area contributed by atoms with E-state index in [1.54, 1.807) is 6.07 Å². The van der Waals surface area contributed by atoms with Crippen LogP contribution in [0.1, 0.15) is 11.1 Å². The summed E-state index contributed by atoms with van der Waals surface area (Å²) in [6, 6.07) is 25.9. The molecular formula is C22H21Cl2NO. The second-order valence-electron chi connectivity index (χ2n) is 6.31. The highest BCUT2D eigenvalue weighted by Gasteiger charge is 2.14. The molecule has 0 aromatic heterocycles. The normalized spacial score (nSPS) is 12.0. The Kier molecular flexibility index (Phi) is 6.56. The number of para-hydroxylation sites is 1. The van der Waals surface area contributed by atoms with Crippen molar-refractivity contribution in [2.45, 2.75) is 19.1 Å². The maximum atomic E-state index is 10.7. The molecule has 0 saturated carbocycles. The van der Waals surface area contributed by atoms with Gasteiger partial charge >= 0.3 is 0 Å². The standard InChI is InChI=1S/C22H21Cl2NO/c23-21-12-11-18(14-22(21)24)13-20(26)16-25(19-9-5-2-6-10-19)15-17-7-3-1-4-8-17/h1-12,14,20,26H,13,15-16H2. The summed E-state index contributed by atoms with van der Waals surface area (Å²) in [6.07, 6.45) is 0.00539. The van der Waals surface area contributed by atoms with Crippen LogP contribution >= 0.6 is 23.2 Å². The average molecular weight is 386 g/mol. The Bertz CT molecular complexity index is 824. The third-order valence-electron chi connectivity index (χ3n) is 4.22. The highest BCUT2D eigenvalue weighted by Crippen LogP contribution is 2.24. The van der Waals surface area contributed by atoms with Crippen LogP contribution in [0.3, 0.4) is 0 Å². The monoisotopic (exact) mass is 385 g/mol. The quantitative estimate of drug-likeness (QED) is 0.571. The fourth-order valence-corrected chi connectivity index (χ4v) is 3.28. The van der Waals surface area contributed by atoms with Crippen molar-refractivity contribution in [2.24, 2.45) is 0 Å². The van der Waals surface area contributed by atoms with Crippen molar-refractivity contribution in [1.29, 1.82) is 0 Å². The Morgan fingerprint density at radius 1 is 0.769 bits per heavy atom. The lowest BCUT2D eigenvalue weighted by Gasteiger charge is -2.27. The minimum absolute atomic E-state index is 0.514. The molecule has 0 aliphatic rings. The third kappa shape index (κ3) is 5.25. The summed E-state index contributed by atoms with van der Waals surface area (Å²) in [5.41, 5.74) is 3.27. The molecule has 0 bridgehead atoms. The molecule has 0 aliphatic heterocycles. The van der Waals surface area contributed by atoms with E-state index in [0.29, 0.717) is 23.0 Å². The molecule has 0 heterocycles. The lowest BCUT2D eigenvalue weighted by Crippen LogP contribution is -2.33. The van der Waals surface area contributed by atoms with Crippen molar-refractivity contribution >= 4 is 28.9 Å². The lowest BCUT2D eigenvalue weighted by atomic mass is 10.1. The predicted octanol–water partition coefficient (Wildman–Crippen LogP) is 5.60. The zero-order valence-corrected chi connectivity index (χ0v) is 15.9. The summed E-state index contributed by atoms with van der Waals surface area (Å²) >= 11 is 12.1. The zero-order valence-electron chi connectivity index (χ0n) is 14.4. The predicted molar refractivity (Wildman–Crippen MR) is 110 cm³/mol. The molecule has 0 aliphatic carbocycles. The summed E-state index contributed by atoms with van der Waals surface area (Å²) in [5, 5.41) is 11.7. The molecule has 3 rings (SSSR count). The minimum atomic E-state index is -0.517. The minimum Gasteiger partial charge on any atom is -0.391 e. The van der Waals surface area contributed by atoms with Gasteiger partial charge in [0.25, 0.3) is 0 Å². The van der Waals surface area contributed by atoms with Gasteiger partial charge in [0.05, 0.1) is 16.1 Å². The molecule has 3 aromatic carbocycles. The van der Waals surface area contributed by atoms with Crippen molar-refractivity contribution in [1.82, 2.24) is 0 Å². The lowest BCUT2D eigenvalue weighted by molar-refractivity contribution is 0.180. The van der Waals surface area contributed by atoms with Crippen LogP contribution in [0.4, 0.5) is 5.69 Å². The van der Waals surface area contributed by atoms with Crippen LogP contribution in [0.15, 0.2) is 78.9 Å². The van der Waals surface area contributed by atoms with Gasteiger partial charge in [0.15, 0.2) is 0 Å². The van der Waals surface area contributed by atoms with E-state index in [1.807, 2.05) is 48.5 Å². The molecule has 134 valence electrons. The number of halogens is 2. The Morgan fingerprint density at radius 2 is 1.42 bits per heavy atom. The SMILES string of the molecule is OC(Cc1ccc(Cl)c(Cl)c1)CN(Cc1ccccc1)c1ccccc1. The van der Waals surface area contributed by atoms with E-state index in [9.17, 15) is 5.11 Å². The van der Waals surface area contributed by atoms with E-state index in [1.165, 1.54) is 5.56 Å². The summed E-state index contributed by atoms with van der Waals surface area (Å²) in [6.45, 7) is 1.27. The highest BCUT2D eigenvalue weighted by molar-refractivity contribution is 6.42. The molecule has 0 saturated heterocycles. The van der Waals surface area contributed by atoms with Crippen molar-refractivity contribution in [3.05, 3.63) is 100 Å². The van der Waals surface area contributed by atoms with Crippen LogP contribution < -0.4 is 4.90 Å². The second-order valence-corrected chi connectivity index (χ2v) is 7.12. The molecule has 1 unspecified atom stereocenters. The molecule has 0 radical (unpaired) electrons. The molecular weight excluding hydrogens is 365 g/mol. The van der Waals surface area contributed by atoms with Gasteiger partial charge in [-0.15, -0.1) is 0 Å². The maximum absolute atomic E-state index is 10.7. The summed E-state index contributed by atoms with van der Waals surface area (Å²) in [5.74, 6) is 0. The van der Waals surface area contributed by atoms with E-state index in [2.05, 4.69) is 29.2 Å². The average Bonchev–Trinajstić information content (AvgIpc) is 2.66. The number of hydrogen-bond acceptors (Lipinski definition) is 2. The van der Waals surface area contributed by atoms with Crippen LogP contribution in [0.5, 0.6) is 0 Å². The first-order valence-electron chi connectivity index (χ1n) is 8.58. The summed E-state index contributed by atoms with van der Waals surface area (Å²) in [7, 11) is 0. The van der Waals surface area contributed by atoms with Crippen LogP contribution in [-0.4, -0.2) is 17.8 Å². The number of nitrogens with zero attached hydrogens (tertiary/aromatic N) is 1. The van der Waals surface area contributed by atoms with E-state index in [0.717, 1.165) is 17.8 Å². The Labute approximate surface area is 164 Å². The molecule has 0 fully saturated rings. The van der Waals surface area contributed by atoms with Crippen LogP contribution in [0.25, 0.3) is 0 Å². The van der Waals surface area contributed by atoms with Gasteiger partial charge in [0.1, 0.15) is 0 Å². The van der Waals surface area contributed by atoms with Gasteiger partial charge in [0, 0.05) is 25.2 Å². The van der Waals surface area contributed by atoms with Crippen molar-refractivity contribution in [3.63, 3.8) is 0 Å². The first-order valence-corrected chi connectivity index (χ1v) is 9.33. The van der Waals surface area contributed by atoms with E-state index in [-0.39, 0.29) is 0 Å². The Morgan fingerprint density at radius 3 is 2.08 bits per heavy atom. The molecule has 0 amide bonds. The number of benzene rings is 3. The second kappa shape index (κ2) is 9.09. The molecule has 26 heavy (non-hydrogen) atoms. The smallest absolute Gasteiger partial charge is 0.0755 e. The highest BCUT2D eigenvalue weighted by atomic mass is 35.5. The number of hydrogen-bond donors (Lipinski definition) is 1. The maximum Gasteiger partial charge on any atom is 0.0755 e. The van der Waals surface area contributed by atoms with Crippen LogP contribution in [-0.2, 0) is 13.0 Å². The number of aliphatic hydroxyl groups excluding tert-OH is 1. The zero-order chi connectivity index (χ0) is 18.4. The van der Waals surface area contributed by atoms with Crippen molar-refractivity contribution < 1.29 is 5.11 Å². The van der Waals surface area contributed by atoms with Gasteiger partial charge in [-0.1, -0.05) is 77.8 Å². The summed E-state index contributed by atoms with van der Waals surface area (Å²) in [4.78, 5) is 2.19. The van der Waals surface area contributed by atoms with Gasteiger partial charge in [-0.25, -0.2) is 0 Å². The van der Waals surface area contributed by atoms with E-state index < -0.39 is 6.10 Å². The fourth-order valence-electron chi connectivity index (χ4n) is 2.96. The molecule has 1 N–H and O–H groups in total. The first kappa shape index (κ1) is 18.8. The Balaban J connectivity index is 1.73. The van der Waals surface area contributed by atoms with Gasteiger partial charge in [-0.3, -0.25) is 0 Å². The van der Waals surface area contributed by atoms with Gasteiger partial charge in [-0.2, -0.15) is 0 Å². The molecule has 1 atom stereocenters. The molecule has 2 nitrogen and oxygen atoms in total. The third-order valence-corrected chi connectivity index (χ3v) is 4.96. The largest absolute Gasteiger partial charge is 0.391 e. The van der Waals surface area contributed by atoms with Gasteiger partial charge in [0.2, 0.25) is 0 Å². The van der Waals surface area contributed by atoms with Crippen molar-refractivity contribution in [3.8, 4) is 0 Å². The number of anilines is 1. The van der Waals surface area contributed by atoms with Crippen LogP contribution in [0, 0.1) is 0 Å².